The van der Waals surface area contributed by atoms with Crippen LogP contribution >= 0.6 is 15.9 Å². The number of hydrogen-bond acceptors (Lipinski definition) is 1. The van der Waals surface area contributed by atoms with Gasteiger partial charge in [0.05, 0.1) is 12.0 Å². The Hall–Kier alpha value is -0.0300. The predicted molar refractivity (Wildman–Crippen MR) is 54.0 cm³/mol. The third kappa shape index (κ3) is 2.23. The van der Waals surface area contributed by atoms with Crippen LogP contribution in [0.1, 0.15) is 33.1 Å². The Morgan fingerprint density at radius 3 is 2.58 bits per heavy atom. The van der Waals surface area contributed by atoms with Crippen LogP contribution in [0.15, 0.2) is 0 Å². The lowest BCUT2D eigenvalue weighted by atomic mass is 9.74. The van der Waals surface area contributed by atoms with E-state index in [9.17, 15) is 0 Å². The molecule has 3 atom stereocenters. The summed E-state index contributed by atoms with van der Waals surface area (Å²) in [4.78, 5) is 0.581. The first-order chi connectivity index (χ1) is 5.65. The van der Waals surface area contributed by atoms with Gasteiger partial charge < -0.3 is 0 Å². The van der Waals surface area contributed by atoms with E-state index < -0.39 is 0 Å². The highest BCUT2D eigenvalue weighted by Gasteiger charge is 2.30. The smallest absolute Gasteiger partial charge is 0.0659 e. The Balaban J connectivity index is 2.58. The summed E-state index contributed by atoms with van der Waals surface area (Å²) in [6.45, 7) is 4.45. The summed E-state index contributed by atoms with van der Waals surface area (Å²) in [7, 11) is 0. The van der Waals surface area contributed by atoms with E-state index in [1.54, 1.807) is 0 Å². The molecule has 0 radical (unpaired) electrons. The molecule has 0 aromatic rings. The summed E-state index contributed by atoms with van der Waals surface area (Å²) >= 11 is 3.59. The van der Waals surface area contributed by atoms with Crippen molar-refractivity contribution in [3.63, 3.8) is 0 Å². The Bertz CT molecular complexity index is 183. The Kier molecular flexibility index (Phi) is 3.58. The fourth-order valence-electron chi connectivity index (χ4n) is 2.09. The van der Waals surface area contributed by atoms with Gasteiger partial charge in [0.1, 0.15) is 0 Å². The zero-order valence-electron chi connectivity index (χ0n) is 7.76. The molecule has 1 rings (SSSR count). The molecule has 1 nitrogen and oxygen atoms in total. The highest BCUT2D eigenvalue weighted by atomic mass is 79.9. The molecule has 0 aromatic heterocycles. The predicted octanol–water partition coefficient (Wildman–Crippen LogP) is 3.35. The molecule has 0 spiro atoms. The van der Waals surface area contributed by atoms with Crippen LogP contribution in [0.5, 0.6) is 0 Å². The molecule has 1 aliphatic rings. The molecular formula is C10H16BrN. The number of nitriles is 1. The monoisotopic (exact) mass is 229 g/mol. The van der Waals surface area contributed by atoms with Gasteiger partial charge in [0, 0.05) is 4.83 Å². The van der Waals surface area contributed by atoms with Gasteiger partial charge in [-0.05, 0) is 31.1 Å². The number of halogens is 1. The molecule has 0 saturated heterocycles. The minimum absolute atomic E-state index is 0.281. The van der Waals surface area contributed by atoms with Crippen LogP contribution in [0.2, 0.25) is 0 Å². The molecule has 0 aromatic carbocycles. The van der Waals surface area contributed by atoms with Crippen molar-refractivity contribution in [3.05, 3.63) is 0 Å². The quantitative estimate of drug-likeness (QED) is 0.633. The average molecular weight is 230 g/mol. The van der Waals surface area contributed by atoms with Crippen molar-refractivity contribution in [3.8, 4) is 6.07 Å². The van der Waals surface area contributed by atoms with Crippen molar-refractivity contribution in [2.45, 2.75) is 37.9 Å². The maximum Gasteiger partial charge on any atom is 0.0659 e. The second-order valence-electron chi connectivity index (χ2n) is 4.05. The molecule has 0 heterocycles. The largest absolute Gasteiger partial charge is 0.198 e. The summed E-state index contributed by atoms with van der Waals surface area (Å²) in [5.41, 5.74) is 0. The van der Waals surface area contributed by atoms with Crippen molar-refractivity contribution in [1.82, 2.24) is 0 Å². The molecule has 1 saturated carbocycles. The van der Waals surface area contributed by atoms with E-state index in [1.807, 2.05) is 0 Å². The van der Waals surface area contributed by atoms with E-state index in [0.29, 0.717) is 16.7 Å². The number of rotatable bonds is 1. The molecule has 1 fully saturated rings. The highest BCUT2D eigenvalue weighted by molar-refractivity contribution is 9.09. The zero-order chi connectivity index (χ0) is 9.14. The molecule has 68 valence electrons. The van der Waals surface area contributed by atoms with E-state index in [-0.39, 0.29) is 5.92 Å². The van der Waals surface area contributed by atoms with Crippen LogP contribution in [0.25, 0.3) is 0 Å². The third-order valence-electron chi connectivity index (χ3n) is 2.86. The third-order valence-corrected chi connectivity index (χ3v) is 3.69. The fourth-order valence-corrected chi connectivity index (χ4v) is 2.76. The molecule has 0 N–H and O–H groups in total. The number of nitrogens with zero attached hydrogens (tertiary/aromatic N) is 1. The summed E-state index contributed by atoms with van der Waals surface area (Å²) in [6.07, 6.45) is 3.49. The van der Waals surface area contributed by atoms with E-state index >= 15 is 0 Å². The molecule has 0 amide bonds. The number of alkyl halides is 1. The maximum absolute atomic E-state index is 8.96. The van der Waals surface area contributed by atoms with Crippen LogP contribution in [0, 0.1) is 29.1 Å². The normalized spacial score (nSPS) is 36.4. The minimum atomic E-state index is 0.281. The van der Waals surface area contributed by atoms with E-state index in [1.165, 1.54) is 12.8 Å². The first-order valence-corrected chi connectivity index (χ1v) is 5.60. The Morgan fingerprint density at radius 1 is 1.42 bits per heavy atom. The fraction of sp³-hybridized carbons (Fsp3) is 0.900. The van der Waals surface area contributed by atoms with Gasteiger partial charge in [-0.25, -0.2) is 0 Å². The van der Waals surface area contributed by atoms with Crippen molar-refractivity contribution in [2.24, 2.45) is 17.8 Å². The first-order valence-electron chi connectivity index (χ1n) is 4.68. The van der Waals surface area contributed by atoms with Crippen LogP contribution < -0.4 is 0 Å². The summed E-state index contributed by atoms with van der Waals surface area (Å²) in [6, 6.07) is 2.44. The Labute approximate surface area is 83.3 Å². The van der Waals surface area contributed by atoms with Gasteiger partial charge in [0.15, 0.2) is 0 Å². The van der Waals surface area contributed by atoms with Gasteiger partial charge in [-0.15, -0.1) is 0 Å². The summed E-state index contributed by atoms with van der Waals surface area (Å²) in [5.74, 6) is 1.57. The SMILES string of the molecule is CC(C)C1CCC(Br)CC1C#N. The van der Waals surface area contributed by atoms with Crippen molar-refractivity contribution >= 4 is 15.9 Å². The molecule has 0 bridgehead atoms. The summed E-state index contributed by atoms with van der Waals surface area (Å²) < 4.78 is 0. The van der Waals surface area contributed by atoms with E-state index in [4.69, 9.17) is 5.26 Å². The lowest BCUT2D eigenvalue weighted by Gasteiger charge is -2.32. The van der Waals surface area contributed by atoms with Gasteiger partial charge in [0.25, 0.3) is 0 Å². The van der Waals surface area contributed by atoms with Crippen LogP contribution in [0.3, 0.4) is 0 Å². The van der Waals surface area contributed by atoms with Gasteiger partial charge in [-0.2, -0.15) is 5.26 Å². The van der Waals surface area contributed by atoms with Crippen molar-refractivity contribution in [1.29, 1.82) is 5.26 Å². The second-order valence-corrected chi connectivity index (χ2v) is 5.35. The van der Waals surface area contributed by atoms with Gasteiger partial charge in [0.2, 0.25) is 0 Å². The summed E-state index contributed by atoms with van der Waals surface area (Å²) in [5, 5.41) is 8.96. The second kappa shape index (κ2) is 4.28. The highest BCUT2D eigenvalue weighted by Crippen LogP contribution is 2.37. The topological polar surface area (TPSA) is 23.8 Å². The average Bonchev–Trinajstić information content (AvgIpc) is 2.03. The van der Waals surface area contributed by atoms with E-state index in [2.05, 4.69) is 35.8 Å². The Morgan fingerprint density at radius 2 is 2.08 bits per heavy atom. The van der Waals surface area contributed by atoms with Crippen LogP contribution in [0.4, 0.5) is 0 Å². The van der Waals surface area contributed by atoms with Gasteiger partial charge >= 0.3 is 0 Å². The molecule has 2 heteroatoms. The standard InChI is InChI=1S/C10H16BrN/c1-7(2)10-4-3-9(11)5-8(10)6-12/h7-10H,3-5H2,1-2H3. The lowest BCUT2D eigenvalue weighted by molar-refractivity contribution is 0.229. The molecule has 0 aliphatic heterocycles. The maximum atomic E-state index is 8.96. The molecule has 3 unspecified atom stereocenters. The molecule has 12 heavy (non-hydrogen) atoms. The van der Waals surface area contributed by atoms with Crippen LogP contribution in [-0.4, -0.2) is 4.83 Å². The van der Waals surface area contributed by atoms with Crippen molar-refractivity contribution < 1.29 is 0 Å². The molecular weight excluding hydrogens is 214 g/mol. The van der Waals surface area contributed by atoms with Gasteiger partial charge in [-0.3, -0.25) is 0 Å². The van der Waals surface area contributed by atoms with E-state index in [0.717, 1.165) is 6.42 Å². The number of hydrogen-bond donors (Lipinski definition) is 0. The lowest BCUT2D eigenvalue weighted by Crippen LogP contribution is -2.27. The zero-order valence-corrected chi connectivity index (χ0v) is 9.34. The first kappa shape index (κ1) is 10.1. The minimum Gasteiger partial charge on any atom is -0.198 e. The van der Waals surface area contributed by atoms with Crippen LogP contribution in [-0.2, 0) is 0 Å². The van der Waals surface area contributed by atoms with Gasteiger partial charge in [-0.1, -0.05) is 29.8 Å². The molecule has 1 aliphatic carbocycles. The van der Waals surface area contributed by atoms with Crippen molar-refractivity contribution in [2.75, 3.05) is 0 Å².